The summed E-state index contributed by atoms with van der Waals surface area (Å²) in [7, 11) is -8.03. The molecule has 1 atom stereocenters. The Morgan fingerprint density at radius 1 is 0.962 bits per heavy atom. The van der Waals surface area contributed by atoms with E-state index in [2.05, 4.69) is 0 Å². The second-order valence-electron chi connectivity index (χ2n) is 6.16. The maximum absolute atomic E-state index is 13.2. The van der Waals surface area contributed by atoms with Crippen molar-refractivity contribution >= 4 is 25.8 Å². The van der Waals surface area contributed by atoms with E-state index < -0.39 is 31.8 Å². The van der Waals surface area contributed by atoms with Crippen LogP contribution in [0.2, 0.25) is 0 Å². The molecule has 0 aliphatic carbocycles. The quantitative estimate of drug-likeness (QED) is 0.819. The summed E-state index contributed by atoms with van der Waals surface area (Å²) in [4.78, 5) is 11.3. The summed E-state index contributed by atoms with van der Waals surface area (Å²) in [5.74, 6) is -0.778. The van der Waals surface area contributed by atoms with Crippen LogP contribution in [0.1, 0.15) is 11.1 Å². The number of amides is 1. The lowest BCUT2D eigenvalue weighted by Gasteiger charge is -2.34. The molecule has 0 radical (unpaired) electrons. The molecule has 1 aliphatic rings. The molecule has 1 aliphatic heterocycles. The minimum absolute atomic E-state index is 0.0514. The van der Waals surface area contributed by atoms with Crippen LogP contribution in [-0.4, -0.2) is 39.3 Å². The van der Waals surface area contributed by atoms with E-state index in [0.29, 0.717) is 0 Å². The van der Waals surface area contributed by atoms with Gasteiger partial charge in [-0.1, -0.05) is 36.4 Å². The van der Waals surface area contributed by atoms with E-state index in [-0.39, 0.29) is 22.8 Å². The van der Waals surface area contributed by atoms with Crippen LogP contribution in [0.3, 0.4) is 0 Å². The van der Waals surface area contributed by atoms with Gasteiger partial charge in [0.05, 0.1) is 4.90 Å². The van der Waals surface area contributed by atoms with Gasteiger partial charge in [-0.05, 0) is 29.7 Å². The van der Waals surface area contributed by atoms with Crippen LogP contribution in [0, 0.1) is 0 Å². The number of carbonyl (C=O) groups excluding carboxylic acids is 1. The van der Waals surface area contributed by atoms with Crippen molar-refractivity contribution in [3.63, 3.8) is 0 Å². The van der Waals surface area contributed by atoms with Gasteiger partial charge in [0.15, 0.2) is 9.84 Å². The smallest absolute Gasteiger partial charge is 0.245 e. The van der Waals surface area contributed by atoms with Gasteiger partial charge in [-0.2, -0.15) is 4.31 Å². The highest BCUT2D eigenvalue weighted by atomic mass is 32.2. The monoisotopic (exact) mass is 394 g/mol. The maximum atomic E-state index is 13.2. The molecule has 9 heteroatoms. The zero-order valence-electron chi connectivity index (χ0n) is 14.0. The van der Waals surface area contributed by atoms with Crippen molar-refractivity contribution in [2.75, 3.05) is 6.26 Å². The van der Waals surface area contributed by atoms with Crippen molar-refractivity contribution in [3.8, 4) is 0 Å². The van der Waals surface area contributed by atoms with Crippen LogP contribution in [0.15, 0.2) is 58.3 Å². The lowest BCUT2D eigenvalue weighted by molar-refractivity contribution is -0.122. The van der Waals surface area contributed by atoms with Crippen LogP contribution in [0.4, 0.5) is 0 Å². The lowest BCUT2D eigenvalue weighted by Crippen LogP contribution is -2.51. The highest BCUT2D eigenvalue weighted by Crippen LogP contribution is 2.31. The summed E-state index contributed by atoms with van der Waals surface area (Å²) in [6.45, 7) is -0.0514. The summed E-state index contributed by atoms with van der Waals surface area (Å²) in [5, 5.41) is 0. The van der Waals surface area contributed by atoms with Gasteiger partial charge >= 0.3 is 0 Å². The van der Waals surface area contributed by atoms with Crippen molar-refractivity contribution in [2.24, 2.45) is 5.73 Å². The Bertz CT molecular complexity index is 1080. The highest BCUT2D eigenvalue weighted by Gasteiger charge is 2.40. The summed E-state index contributed by atoms with van der Waals surface area (Å²) < 4.78 is 51.5. The SMILES string of the molecule is CS(=O)(=O)c1ccccc1S(=O)(=O)N1Cc2ccccc2C[C@H]1C(N)=O. The number of nitrogens with two attached hydrogens (primary N) is 1. The van der Waals surface area contributed by atoms with Gasteiger partial charge in [-0.15, -0.1) is 0 Å². The molecule has 3 rings (SSSR count). The zero-order valence-corrected chi connectivity index (χ0v) is 15.6. The molecule has 0 bridgehead atoms. The number of benzene rings is 2. The number of hydrogen-bond donors (Lipinski definition) is 1. The Morgan fingerprint density at radius 2 is 1.50 bits per heavy atom. The predicted octanol–water partition coefficient (Wildman–Crippen LogP) is 0.691. The average Bonchev–Trinajstić information content (AvgIpc) is 2.59. The van der Waals surface area contributed by atoms with Gasteiger partial charge in [0, 0.05) is 12.8 Å². The molecule has 7 nitrogen and oxygen atoms in total. The summed E-state index contributed by atoms with van der Waals surface area (Å²) in [6, 6.07) is 11.5. The van der Waals surface area contributed by atoms with Crippen molar-refractivity contribution in [2.45, 2.75) is 28.8 Å². The maximum Gasteiger partial charge on any atom is 0.245 e. The van der Waals surface area contributed by atoms with Crippen LogP contribution >= 0.6 is 0 Å². The zero-order chi connectivity index (χ0) is 19.1. The topological polar surface area (TPSA) is 115 Å². The number of carbonyl (C=O) groups is 1. The third-order valence-corrected chi connectivity index (χ3v) is 7.57. The molecule has 0 fully saturated rings. The van der Waals surface area contributed by atoms with Crippen LogP contribution in [0.5, 0.6) is 0 Å². The number of hydrogen-bond acceptors (Lipinski definition) is 5. The van der Waals surface area contributed by atoms with Gasteiger partial charge in [0.25, 0.3) is 0 Å². The van der Waals surface area contributed by atoms with E-state index in [4.69, 9.17) is 5.73 Å². The molecule has 0 saturated heterocycles. The van der Waals surface area contributed by atoms with Crippen molar-refractivity contribution < 1.29 is 21.6 Å². The first kappa shape index (κ1) is 18.6. The minimum Gasteiger partial charge on any atom is -0.368 e. The Balaban J connectivity index is 2.17. The molecule has 2 aromatic rings. The van der Waals surface area contributed by atoms with Crippen LogP contribution < -0.4 is 5.73 Å². The fraction of sp³-hybridized carbons (Fsp3) is 0.235. The van der Waals surface area contributed by atoms with E-state index in [1.54, 1.807) is 18.2 Å². The molecule has 0 spiro atoms. The highest BCUT2D eigenvalue weighted by molar-refractivity contribution is 7.93. The number of sulfonamides is 1. The van der Waals surface area contributed by atoms with Crippen molar-refractivity contribution in [1.82, 2.24) is 4.31 Å². The minimum atomic E-state index is -4.26. The molecule has 0 aromatic heterocycles. The van der Waals surface area contributed by atoms with Gasteiger partial charge < -0.3 is 5.73 Å². The summed E-state index contributed by atoms with van der Waals surface area (Å²) in [6.07, 6.45) is 1.09. The predicted molar refractivity (Wildman–Crippen MR) is 95.4 cm³/mol. The normalized spacial score (nSPS) is 18.3. The van der Waals surface area contributed by atoms with E-state index in [9.17, 15) is 21.6 Å². The first-order chi connectivity index (χ1) is 12.1. The number of nitrogens with zero attached hydrogens (tertiary/aromatic N) is 1. The van der Waals surface area contributed by atoms with Crippen LogP contribution in [0.25, 0.3) is 0 Å². The molecule has 138 valence electrons. The second kappa shape index (κ2) is 6.49. The molecule has 26 heavy (non-hydrogen) atoms. The first-order valence-electron chi connectivity index (χ1n) is 7.79. The van der Waals surface area contributed by atoms with E-state index in [0.717, 1.165) is 21.7 Å². The Labute approximate surface area is 152 Å². The molecular formula is C17H18N2O5S2. The molecule has 0 saturated carbocycles. The molecule has 1 amide bonds. The van der Waals surface area contributed by atoms with Crippen molar-refractivity contribution in [3.05, 3.63) is 59.7 Å². The largest absolute Gasteiger partial charge is 0.368 e. The average molecular weight is 394 g/mol. The van der Waals surface area contributed by atoms with Gasteiger partial charge in [-0.25, -0.2) is 16.8 Å². The third-order valence-electron chi connectivity index (χ3n) is 4.37. The molecule has 1 heterocycles. The number of primary amides is 1. The fourth-order valence-corrected chi connectivity index (χ4v) is 6.27. The van der Waals surface area contributed by atoms with E-state index in [1.165, 1.54) is 24.3 Å². The molecule has 2 aromatic carbocycles. The summed E-state index contributed by atoms with van der Waals surface area (Å²) in [5.41, 5.74) is 7.05. The Morgan fingerprint density at radius 3 is 2.08 bits per heavy atom. The fourth-order valence-electron chi connectivity index (χ4n) is 3.09. The first-order valence-corrected chi connectivity index (χ1v) is 11.1. The van der Waals surface area contributed by atoms with Gasteiger partial charge in [0.2, 0.25) is 15.9 Å². The lowest BCUT2D eigenvalue weighted by atomic mass is 9.96. The molecular weight excluding hydrogens is 376 g/mol. The summed E-state index contributed by atoms with van der Waals surface area (Å²) >= 11 is 0. The molecule has 2 N–H and O–H groups in total. The second-order valence-corrected chi connectivity index (χ2v) is 10.0. The third kappa shape index (κ3) is 3.25. The van der Waals surface area contributed by atoms with Gasteiger partial charge in [-0.3, -0.25) is 4.79 Å². The molecule has 0 unspecified atom stereocenters. The van der Waals surface area contributed by atoms with Crippen molar-refractivity contribution in [1.29, 1.82) is 0 Å². The van der Waals surface area contributed by atoms with Crippen LogP contribution in [-0.2, 0) is 37.6 Å². The Hall–Kier alpha value is -2.23. The van der Waals surface area contributed by atoms with Gasteiger partial charge in [0.1, 0.15) is 10.9 Å². The standard InChI is InChI=1S/C17H18N2O5S2/c1-25(21,22)15-8-4-5-9-16(15)26(23,24)19-11-13-7-3-2-6-12(13)10-14(19)17(18)20/h2-9,14H,10-11H2,1H3,(H2,18,20)/t14-/m0/s1. The number of sulfone groups is 1. The van der Waals surface area contributed by atoms with E-state index >= 15 is 0 Å². The number of fused-ring (bicyclic) bond motifs is 1. The number of rotatable bonds is 4. The Kier molecular flexibility index (Phi) is 4.63. The van der Waals surface area contributed by atoms with E-state index in [1.807, 2.05) is 6.07 Å².